The van der Waals surface area contributed by atoms with Crippen LogP contribution in [0.2, 0.25) is 0 Å². The maximum Gasteiger partial charge on any atom is 0.387 e. The average Bonchev–Trinajstić information content (AvgIpc) is 3.11. The van der Waals surface area contributed by atoms with E-state index in [0.29, 0.717) is 17.9 Å². The largest absolute Gasteiger partial charge is 0.493 e. The van der Waals surface area contributed by atoms with E-state index in [0.717, 1.165) is 13.1 Å². The molecule has 0 amide bonds. The molecule has 1 unspecified atom stereocenters. The minimum Gasteiger partial charge on any atom is -0.493 e. The Balaban J connectivity index is 1.94. The molecule has 26 heavy (non-hydrogen) atoms. The summed E-state index contributed by atoms with van der Waals surface area (Å²) in [4.78, 5) is 6.57. The monoisotopic (exact) mass is 370 g/mol. The molecule has 1 aromatic carbocycles. The SMILES string of the molecule is COc1cc(-c2nc(C3CNCCN3C)no2)cc(OC)c1OC(F)F. The number of ether oxygens (including phenoxy) is 3. The van der Waals surface area contributed by atoms with Crippen LogP contribution < -0.4 is 19.5 Å². The van der Waals surface area contributed by atoms with Gasteiger partial charge in [0.15, 0.2) is 17.3 Å². The highest BCUT2D eigenvalue weighted by molar-refractivity contribution is 5.65. The Labute approximate surface area is 149 Å². The fourth-order valence-electron chi connectivity index (χ4n) is 2.79. The molecular formula is C16H20F2N4O4. The van der Waals surface area contributed by atoms with Gasteiger partial charge >= 0.3 is 6.61 Å². The molecule has 0 bridgehead atoms. The number of methoxy groups -OCH3 is 2. The number of aromatic nitrogens is 2. The minimum absolute atomic E-state index is 0.00789. The molecule has 3 rings (SSSR count). The van der Waals surface area contributed by atoms with Crippen LogP contribution in [0, 0.1) is 0 Å². The fraction of sp³-hybridized carbons (Fsp3) is 0.500. The molecule has 1 aliphatic heterocycles. The highest BCUT2D eigenvalue weighted by Crippen LogP contribution is 2.42. The number of nitrogens with one attached hydrogen (secondary N) is 1. The molecule has 0 aliphatic carbocycles. The molecule has 1 aromatic heterocycles. The molecule has 1 aliphatic rings. The Morgan fingerprint density at radius 2 is 1.96 bits per heavy atom. The smallest absolute Gasteiger partial charge is 0.387 e. The first-order valence-electron chi connectivity index (χ1n) is 7.99. The first-order valence-corrected chi connectivity index (χ1v) is 7.99. The average molecular weight is 370 g/mol. The van der Waals surface area contributed by atoms with Gasteiger partial charge in [-0.2, -0.15) is 13.8 Å². The van der Waals surface area contributed by atoms with Gasteiger partial charge in [-0.25, -0.2) is 0 Å². The first kappa shape index (κ1) is 18.3. The third kappa shape index (κ3) is 3.70. The molecular weight excluding hydrogens is 350 g/mol. The highest BCUT2D eigenvalue weighted by atomic mass is 19.3. The number of nitrogens with zero attached hydrogens (tertiary/aromatic N) is 3. The van der Waals surface area contributed by atoms with Gasteiger partial charge in [0.25, 0.3) is 5.89 Å². The number of likely N-dealkylation sites (N-methyl/N-ethyl adjacent to an activating group) is 1. The second-order valence-electron chi connectivity index (χ2n) is 5.75. The van der Waals surface area contributed by atoms with Gasteiger partial charge in [0.2, 0.25) is 5.75 Å². The normalized spacial score (nSPS) is 18.2. The van der Waals surface area contributed by atoms with Crippen molar-refractivity contribution in [2.24, 2.45) is 0 Å². The van der Waals surface area contributed by atoms with E-state index in [1.54, 1.807) is 0 Å². The topological polar surface area (TPSA) is 81.9 Å². The molecule has 8 nitrogen and oxygen atoms in total. The summed E-state index contributed by atoms with van der Waals surface area (Å²) in [5.74, 6) is 0.746. The quantitative estimate of drug-likeness (QED) is 0.826. The number of hydrogen-bond donors (Lipinski definition) is 1. The van der Waals surface area contributed by atoms with Crippen molar-refractivity contribution in [3.63, 3.8) is 0 Å². The summed E-state index contributed by atoms with van der Waals surface area (Å²) in [7, 11) is 4.68. The Morgan fingerprint density at radius 1 is 1.27 bits per heavy atom. The summed E-state index contributed by atoms with van der Waals surface area (Å²) < 4.78 is 45.4. The number of hydrogen-bond acceptors (Lipinski definition) is 8. The lowest BCUT2D eigenvalue weighted by molar-refractivity contribution is -0.0526. The van der Waals surface area contributed by atoms with E-state index in [2.05, 4.69) is 25.1 Å². The van der Waals surface area contributed by atoms with Crippen molar-refractivity contribution in [2.45, 2.75) is 12.7 Å². The van der Waals surface area contributed by atoms with Gasteiger partial charge in [0, 0.05) is 25.2 Å². The van der Waals surface area contributed by atoms with Gasteiger partial charge in [0.1, 0.15) is 0 Å². The third-order valence-electron chi connectivity index (χ3n) is 4.17. The number of benzene rings is 1. The van der Waals surface area contributed by atoms with Gasteiger partial charge in [0.05, 0.1) is 20.3 Å². The first-order chi connectivity index (χ1) is 12.5. The van der Waals surface area contributed by atoms with Crippen molar-refractivity contribution in [1.29, 1.82) is 0 Å². The lowest BCUT2D eigenvalue weighted by atomic mass is 10.1. The predicted molar refractivity (Wildman–Crippen MR) is 87.7 cm³/mol. The van der Waals surface area contributed by atoms with Crippen LogP contribution in [-0.4, -0.2) is 62.6 Å². The maximum atomic E-state index is 12.6. The number of rotatable bonds is 6. The second kappa shape index (κ2) is 7.83. The summed E-state index contributed by atoms with van der Waals surface area (Å²) in [5.41, 5.74) is 0.477. The highest BCUT2D eigenvalue weighted by Gasteiger charge is 2.26. The summed E-state index contributed by atoms with van der Waals surface area (Å²) >= 11 is 0. The molecule has 0 radical (unpaired) electrons. The standard InChI is InChI=1S/C16H20F2N4O4/c1-22-5-4-19-8-10(22)14-20-15(26-21-14)9-6-11(23-2)13(25-16(17)18)12(7-9)24-3/h6-7,10,16,19H,4-5,8H2,1-3H3. The summed E-state index contributed by atoms with van der Waals surface area (Å²) in [6.07, 6.45) is 0. The second-order valence-corrected chi connectivity index (χ2v) is 5.75. The van der Waals surface area contributed by atoms with E-state index in [4.69, 9.17) is 14.0 Å². The van der Waals surface area contributed by atoms with Crippen LogP contribution >= 0.6 is 0 Å². The van der Waals surface area contributed by atoms with Crippen LogP contribution in [0.4, 0.5) is 8.78 Å². The van der Waals surface area contributed by atoms with E-state index in [-0.39, 0.29) is 29.2 Å². The molecule has 0 spiro atoms. The van der Waals surface area contributed by atoms with Crippen molar-refractivity contribution in [3.05, 3.63) is 18.0 Å². The molecule has 2 heterocycles. The van der Waals surface area contributed by atoms with Crippen molar-refractivity contribution < 1.29 is 27.5 Å². The molecule has 1 N–H and O–H groups in total. The molecule has 142 valence electrons. The molecule has 2 aromatic rings. The van der Waals surface area contributed by atoms with Crippen LogP contribution in [-0.2, 0) is 0 Å². The van der Waals surface area contributed by atoms with Crippen LogP contribution in [0.3, 0.4) is 0 Å². The fourth-order valence-corrected chi connectivity index (χ4v) is 2.79. The van der Waals surface area contributed by atoms with Gasteiger partial charge in [-0.3, -0.25) is 4.90 Å². The Bertz CT molecular complexity index is 731. The van der Waals surface area contributed by atoms with Crippen molar-refractivity contribution in [2.75, 3.05) is 40.9 Å². The van der Waals surface area contributed by atoms with E-state index in [1.807, 2.05) is 7.05 Å². The van der Waals surface area contributed by atoms with Crippen molar-refractivity contribution in [1.82, 2.24) is 20.4 Å². The summed E-state index contributed by atoms with van der Waals surface area (Å²) in [6.45, 7) is -0.524. The van der Waals surface area contributed by atoms with Crippen LogP contribution in [0.1, 0.15) is 11.9 Å². The zero-order valence-electron chi connectivity index (χ0n) is 14.7. The molecule has 0 saturated carbocycles. The number of alkyl halides is 2. The summed E-state index contributed by atoms with van der Waals surface area (Å²) in [6, 6.07) is 2.97. The minimum atomic E-state index is -3.01. The van der Waals surface area contributed by atoms with E-state index < -0.39 is 6.61 Å². The number of halogens is 2. The Kier molecular flexibility index (Phi) is 5.52. The van der Waals surface area contributed by atoms with Crippen LogP contribution in [0.5, 0.6) is 17.2 Å². The van der Waals surface area contributed by atoms with Gasteiger partial charge in [-0.15, -0.1) is 0 Å². The Morgan fingerprint density at radius 3 is 2.54 bits per heavy atom. The zero-order valence-corrected chi connectivity index (χ0v) is 14.7. The summed E-state index contributed by atoms with van der Waals surface area (Å²) in [5, 5.41) is 7.33. The zero-order chi connectivity index (χ0) is 18.7. The van der Waals surface area contributed by atoms with Crippen molar-refractivity contribution >= 4 is 0 Å². The third-order valence-corrected chi connectivity index (χ3v) is 4.17. The number of piperazine rings is 1. The lowest BCUT2D eigenvalue weighted by Gasteiger charge is -2.30. The van der Waals surface area contributed by atoms with Crippen LogP contribution in [0.25, 0.3) is 11.5 Å². The van der Waals surface area contributed by atoms with Gasteiger partial charge in [-0.1, -0.05) is 5.16 Å². The predicted octanol–water partition coefficient (Wildman–Crippen LogP) is 1.93. The van der Waals surface area contributed by atoms with E-state index >= 15 is 0 Å². The maximum absolute atomic E-state index is 12.6. The van der Waals surface area contributed by atoms with Crippen LogP contribution in [0.15, 0.2) is 16.7 Å². The van der Waals surface area contributed by atoms with E-state index in [1.165, 1.54) is 26.4 Å². The van der Waals surface area contributed by atoms with E-state index in [9.17, 15) is 8.78 Å². The van der Waals surface area contributed by atoms with Gasteiger partial charge in [-0.05, 0) is 19.2 Å². The Hall–Kier alpha value is -2.46. The molecule has 1 fully saturated rings. The molecule has 1 atom stereocenters. The van der Waals surface area contributed by atoms with Gasteiger partial charge < -0.3 is 24.1 Å². The molecule has 10 heteroatoms. The lowest BCUT2D eigenvalue weighted by Crippen LogP contribution is -2.44. The molecule has 1 saturated heterocycles. The van der Waals surface area contributed by atoms with Crippen molar-refractivity contribution in [3.8, 4) is 28.7 Å².